The van der Waals surface area contributed by atoms with Crippen molar-refractivity contribution in [2.45, 2.75) is 0 Å². The van der Waals surface area contributed by atoms with Crippen LogP contribution in [-0.4, -0.2) is 19.0 Å². The summed E-state index contributed by atoms with van der Waals surface area (Å²) in [5.41, 5.74) is 0.619. The molecule has 0 saturated heterocycles. The monoisotopic (exact) mass is 302 g/mol. The zero-order chi connectivity index (χ0) is 12.0. The van der Waals surface area contributed by atoms with Gasteiger partial charge in [-0.05, 0) is 12.1 Å². The molecule has 2 N–H and O–H groups in total. The number of rotatable bonds is 5. The van der Waals surface area contributed by atoms with Crippen molar-refractivity contribution in [3.8, 4) is 0 Å². The second-order valence-corrected chi connectivity index (χ2v) is 4.68. The number of benzene rings is 1. The normalized spacial score (nSPS) is 9.88. The van der Waals surface area contributed by atoms with Crippen LogP contribution < -0.4 is 10.6 Å². The molecule has 3 nitrogen and oxygen atoms in total. The number of amides is 1. The topological polar surface area (TPSA) is 41.1 Å². The smallest absolute Gasteiger partial charge is 0.238 e. The Balaban J connectivity index is 2.40. The van der Waals surface area contributed by atoms with E-state index in [0.29, 0.717) is 17.3 Å². The first-order valence-electron chi connectivity index (χ1n) is 4.68. The summed E-state index contributed by atoms with van der Waals surface area (Å²) in [6, 6.07) is 7.11. The molecule has 16 heavy (non-hydrogen) atoms. The van der Waals surface area contributed by atoms with E-state index in [-0.39, 0.29) is 12.5 Å². The number of nitrogens with one attached hydrogen (secondary N) is 2. The lowest BCUT2D eigenvalue weighted by molar-refractivity contribution is -0.115. The predicted octanol–water partition coefficient (Wildman–Crippen LogP) is 2.78. The summed E-state index contributed by atoms with van der Waals surface area (Å²) in [5, 5.41) is 6.16. The second-order valence-electron chi connectivity index (χ2n) is 3.15. The number of anilines is 1. The van der Waals surface area contributed by atoms with E-state index in [9.17, 15) is 4.79 Å². The number of hydrogen-bond acceptors (Lipinski definition) is 2. The van der Waals surface area contributed by atoms with Crippen LogP contribution in [-0.2, 0) is 4.79 Å². The maximum absolute atomic E-state index is 11.5. The van der Waals surface area contributed by atoms with Gasteiger partial charge in [0.2, 0.25) is 5.91 Å². The minimum Gasteiger partial charge on any atom is -0.324 e. The highest BCUT2D eigenvalue weighted by molar-refractivity contribution is 9.11. The molecule has 0 radical (unpaired) electrons. The molecular weight excluding hydrogens is 291 g/mol. The molecule has 0 fully saturated rings. The largest absolute Gasteiger partial charge is 0.324 e. The molecule has 0 heterocycles. The lowest BCUT2D eigenvalue weighted by Gasteiger charge is -2.07. The number of carbonyl (C=O) groups is 1. The van der Waals surface area contributed by atoms with Gasteiger partial charge < -0.3 is 10.6 Å². The molecular formula is C11H12BrClN2O. The van der Waals surface area contributed by atoms with Crippen LogP contribution in [0.15, 0.2) is 35.3 Å². The van der Waals surface area contributed by atoms with Gasteiger partial charge in [-0.25, -0.2) is 0 Å². The Bertz CT molecular complexity index is 395. The van der Waals surface area contributed by atoms with Crippen LogP contribution in [0.3, 0.4) is 0 Å². The molecule has 0 aliphatic carbocycles. The van der Waals surface area contributed by atoms with Gasteiger partial charge in [0.15, 0.2) is 0 Å². The lowest BCUT2D eigenvalue weighted by Crippen LogP contribution is -2.28. The first kappa shape index (κ1) is 13.2. The molecule has 0 saturated carbocycles. The summed E-state index contributed by atoms with van der Waals surface area (Å²) in [4.78, 5) is 11.5. The Hall–Kier alpha value is -0.840. The summed E-state index contributed by atoms with van der Waals surface area (Å²) in [5.74, 6) is -0.137. The van der Waals surface area contributed by atoms with Crippen molar-refractivity contribution in [1.82, 2.24) is 5.32 Å². The van der Waals surface area contributed by atoms with E-state index in [2.05, 4.69) is 33.1 Å². The summed E-state index contributed by atoms with van der Waals surface area (Å²) >= 11 is 9.09. The van der Waals surface area contributed by atoms with Crippen molar-refractivity contribution in [1.29, 1.82) is 0 Å². The highest BCUT2D eigenvalue weighted by Gasteiger charge is 2.04. The Morgan fingerprint density at radius 2 is 2.06 bits per heavy atom. The van der Waals surface area contributed by atoms with Crippen LogP contribution in [0.25, 0.3) is 0 Å². The Morgan fingerprint density at radius 3 is 2.69 bits per heavy atom. The second kappa shape index (κ2) is 6.68. The fraction of sp³-hybridized carbons (Fsp3) is 0.182. The van der Waals surface area contributed by atoms with Crippen LogP contribution in [0.5, 0.6) is 0 Å². The van der Waals surface area contributed by atoms with Crippen LogP contribution in [0.2, 0.25) is 5.02 Å². The van der Waals surface area contributed by atoms with E-state index in [1.165, 1.54) is 0 Å². The molecule has 0 unspecified atom stereocenters. The van der Waals surface area contributed by atoms with Crippen molar-refractivity contribution < 1.29 is 4.79 Å². The number of carbonyl (C=O) groups excluding carboxylic acids is 1. The third-order valence-electron chi connectivity index (χ3n) is 1.75. The van der Waals surface area contributed by atoms with Gasteiger partial charge in [0.1, 0.15) is 0 Å². The molecule has 0 aliphatic rings. The van der Waals surface area contributed by atoms with E-state index >= 15 is 0 Å². The SMILES string of the molecule is C=C(Br)CNCC(=O)Nc1ccccc1Cl. The predicted molar refractivity (Wildman–Crippen MR) is 71.0 cm³/mol. The van der Waals surface area contributed by atoms with Crippen molar-refractivity contribution in [3.05, 3.63) is 40.3 Å². The lowest BCUT2D eigenvalue weighted by atomic mass is 10.3. The van der Waals surface area contributed by atoms with Gasteiger partial charge in [-0.15, -0.1) is 0 Å². The summed E-state index contributed by atoms with van der Waals surface area (Å²) in [6.45, 7) is 4.42. The maximum Gasteiger partial charge on any atom is 0.238 e. The molecule has 0 aromatic heterocycles. The molecule has 86 valence electrons. The quantitative estimate of drug-likeness (QED) is 0.878. The zero-order valence-corrected chi connectivity index (χ0v) is 10.9. The molecule has 0 atom stereocenters. The minimum absolute atomic E-state index is 0.137. The fourth-order valence-electron chi connectivity index (χ4n) is 1.07. The van der Waals surface area contributed by atoms with Gasteiger partial charge >= 0.3 is 0 Å². The van der Waals surface area contributed by atoms with Crippen LogP contribution in [0.4, 0.5) is 5.69 Å². The third-order valence-corrected chi connectivity index (χ3v) is 2.36. The van der Waals surface area contributed by atoms with Crippen LogP contribution in [0.1, 0.15) is 0 Å². The fourth-order valence-corrected chi connectivity index (χ4v) is 1.45. The molecule has 1 rings (SSSR count). The van der Waals surface area contributed by atoms with E-state index in [1.54, 1.807) is 12.1 Å². The minimum atomic E-state index is -0.137. The van der Waals surface area contributed by atoms with Crippen molar-refractivity contribution in [3.63, 3.8) is 0 Å². The maximum atomic E-state index is 11.5. The van der Waals surface area contributed by atoms with Crippen molar-refractivity contribution in [2.75, 3.05) is 18.4 Å². The molecule has 1 aromatic carbocycles. The highest BCUT2D eigenvalue weighted by atomic mass is 79.9. The van der Waals surface area contributed by atoms with Crippen molar-refractivity contribution >= 4 is 39.1 Å². The number of halogens is 2. The third kappa shape index (κ3) is 4.79. The van der Waals surface area contributed by atoms with E-state index in [4.69, 9.17) is 11.6 Å². The molecule has 1 amide bonds. The van der Waals surface area contributed by atoms with E-state index in [0.717, 1.165) is 4.48 Å². The molecule has 5 heteroatoms. The van der Waals surface area contributed by atoms with Gasteiger partial charge in [0.25, 0.3) is 0 Å². The van der Waals surface area contributed by atoms with Crippen molar-refractivity contribution in [2.24, 2.45) is 0 Å². The van der Waals surface area contributed by atoms with Gasteiger partial charge in [-0.1, -0.05) is 46.2 Å². The van der Waals surface area contributed by atoms with Gasteiger partial charge in [-0.3, -0.25) is 4.79 Å². The molecule has 1 aromatic rings. The Kier molecular flexibility index (Phi) is 5.52. The van der Waals surface area contributed by atoms with Gasteiger partial charge in [0.05, 0.1) is 17.3 Å². The summed E-state index contributed by atoms with van der Waals surface area (Å²) in [7, 11) is 0. The van der Waals surface area contributed by atoms with Gasteiger partial charge in [0, 0.05) is 11.0 Å². The Morgan fingerprint density at radius 1 is 1.38 bits per heavy atom. The summed E-state index contributed by atoms with van der Waals surface area (Å²) in [6.07, 6.45) is 0. The molecule has 0 aliphatic heterocycles. The zero-order valence-electron chi connectivity index (χ0n) is 8.59. The van der Waals surface area contributed by atoms with E-state index < -0.39 is 0 Å². The first-order valence-corrected chi connectivity index (χ1v) is 5.85. The summed E-state index contributed by atoms with van der Waals surface area (Å²) < 4.78 is 0.804. The van der Waals surface area contributed by atoms with Crippen LogP contribution >= 0.6 is 27.5 Å². The average molecular weight is 304 g/mol. The number of hydrogen-bond donors (Lipinski definition) is 2. The first-order chi connectivity index (χ1) is 7.59. The standard InChI is InChI=1S/C11H12BrClN2O/c1-8(12)6-14-7-11(16)15-10-5-3-2-4-9(10)13/h2-5,14H,1,6-7H2,(H,15,16). The van der Waals surface area contributed by atoms with E-state index in [1.807, 2.05) is 12.1 Å². The van der Waals surface area contributed by atoms with Crippen LogP contribution in [0, 0.1) is 0 Å². The van der Waals surface area contributed by atoms with Gasteiger partial charge in [-0.2, -0.15) is 0 Å². The molecule has 0 spiro atoms. The number of para-hydroxylation sites is 1. The highest BCUT2D eigenvalue weighted by Crippen LogP contribution is 2.19. The Labute approximate surface area is 108 Å². The molecule has 0 bridgehead atoms. The average Bonchev–Trinajstić information content (AvgIpc) is 2.21.